The van der Waals surface area contributed by atoms with E-state index in [1.54, 1.807) is 13.2 Å². The Bertz CT molecular complexity index is 387. The molecule has 70 valence electrons. The van der Waals surface area contributed by atoms with E-state index in [-0.39, 0.29) is 11.5 Å². The summed E-state index contributed by atoms with van der Waals surface area (Å²) in [5, 5.41) is 6.06. The van der Waals surface area contributed by atoms with E-state index in [4.69, 9.17) is 0 Å². The molecule has 0 aliphatic carbocycles. The summed E-state index contributed by atoms with van der Waals surface area (Å²) in [6.45, 7) is 1.34. The van der Waals surface area contributed by atoms with Gasteiger partial charge in [0, 0.05) is 20.2 Å². The molecule has 0 saturated carbocycles. The molecule has 0 radical (unpaired) electrons. The minimum Gasteiger partial charge on any atom is -0.295 e. The van der Waals surface area contributed by atoms with E-state index < -0.39 is 0 Å². The van der Waals surface area contributed by atoms with Crippen molar-refractivity contribution in [3.63, 3.8) is 0 Å². The van der Waals surface area contributed by atoms with Gasteiger partial charge in [-0.05, 0) is 0 Å². The number of aryl methyl sites for hydroxylation is 1. The normalized spacial score (nSPS) is 10.6. The second kappa shape index (κ2) is 3.70. The van der Waals surface area contributed by atoms with Crippen LogP contribution >= 0.6 is 0 Å². The van der Waals surface area contributed by atoms with Gasteiger partial charge >= 0.3 is 0 Å². The summed E-state index contributed by atoms with van der Waals surface area (Å²) in [7, 11) is 1.69. The highest BCUT2D eigenvalue weighted by Crippen LogP contribution is 1.82. The number of aromatic nitrogens is 2. The van der Waals surface area contributed by atoms with Gasteiger partial charge in [0.15, 0.2) is 0 Å². The first kappa shape index (κ1) is 9.24. The molecule has 0 aromatic carbocycles. The van der Waals surface area contributed by atoms with Crippen LogP contribution in [0.3, 0.4) is 0 Å². The number of hydrogen-bond donors (Lipinski definition) is 2. The zero-order chi connectivity index (χ0) is 9.84. The second-order valence-corrected chi connectivity index (χ2v) is 2.56. The van der Waals surface area contributed by atoms with Crippen molar-refractivity contribution in [2.24, 2.45) is 12.1 Å². The van der Waals surface area contributed by atoms with E-state index in [9.17, 15) is 9.59 Å². The molecule has 0 aliphatic heterocycles. The number of nitrogens with zero attached hydrogens (tertiary/aromatic N) is 2. The third-order valence-electron chi connectivity index (χ3n) is 1.30. The van der Waals surface area contributed by atoms with Crippen LogP contribution < -0.4 is 11.0 Å². The van der Waals surface area contributed by atoms with Crippen LogP contribution in [0.15, 0.2) is 16.1 Å². The van der Waals surface area contributed by atoms with Crippen molar-refractivity contribution in [2.75, 3.05) is 0 Å². The Balaban J connectivity index is 2.74. The van der Waals surface area contributed by atoms with Crippen molar-refractivity contribution >= 4 is 12.1 Å². The van der Waals surface area contributed by atoms with Crippen LogP contribution in [0, 0.1) is 0 Å². The van der Waals surface area contributed by atoms with Crippen LogP contribution in [0.1, 0.15) is 12.5 Å². The molecule has 0 unspecified atom stereocenters. The Morgan fingerprint density at radius 3 is 2.92 bits per heavy atom. The van der Waals surface area contributed by atoms with Gasteiger partial charge in [-0.3, -0.25) is 19.4 Å². The van der Waals surface area contributed by atoms with E-state index in [0.29, 0.717) is 5.56 Å². The zero-order valence-electron chi connectivity index (χ0n) is 7.37. The number of aromatic amines is 1. The van der Waals surface area contributed by atoms with E-state index in [2.05, 4.69) is 15.6 Å². The Hall–Kier alpha value is -1.85. The molecule has 1 amide bonds. The highest BCUT2D eigenvalue weighted by molar-refractivity contribution is 5.80. The maximum atomic E-state index is 11.0. The second-order valence-electron chi connectivity index (χ2n) is 2.56. The molecule has 1 heterocycles. The van der Waals surface area contributed by atoms with Crippen LogP contribution in [0.4, 0.5) is 0 Å². The molecule has 13 heavy (non-hydrogen) atoms. The minimum atomic E-state index is -0.274. The molecule has 0 atom stereocenters. The molecule has 0 fully saturated rings. The topological polar surface area (TPSA) is 79.2 Å². The van der Waals surface area contributed by atoms with Gasteiger partial charge in [0.25, 0.3) is 5.56 Å². The van der Waals surface area contributed by atoms with Gasteiger partial charge in [-0.15, -0.1) is 0 Å². The predicted octanol–water partition coefficient (Wildman–Crippen LogP) is -0.817. The summed E-state index contributed by atoms with van der Waals surface area (Å²) in [6.07, 6.45) is 2.87. The maximum Gasteiger partial charge on any atom is 0.272 e. The number of carbonyl (C=O) groups is 1. The van der Waals surface area contributed by atoms with Crippen molar-refractivity contribution < 1.29 is 4.79 Å². The smallest absolute Gasteiger partial charge is 0.272 e. The van der Waals surface area contributed by atoms with Crippen LogP contribution in [0.2, 0.25) is 0 Å². The molecule has 1 rings (SSSR count). The maximum absolute atomic E-state index is 11.0. The van der Waals surface area contributed by atoms with Gasteiger partial charge < -0.3 is 0 Å². The fraction of sp³-hybridized carbons (Fsp3) is 0.286. The quantitative estimate of drug-likeness (QED) is 0.463. The number of amides is 1. The highest BCUT2D eigenvalue weighted by Gasteiger charge is 1.97. The number of rotatable bonds is 2. The third kappa shape index (κ3) is 2.58. The average Bonchev–Trinajstić information content (AvgIpc) is 2.29. The zero-order valence-corrected chi connectivity index (χ0v) is 7.37. The van der Waals surface area contributed by atoms with Crippen LogP contribution in [0.5, 0.6) is 0 Å². The first-order valence-electron chi connectivity index (χ1n) is 3.65. The lowest BCUT2D eigenvalue weighted by Crippen LogP contribution is -2.13. The van der Waals surface area contributed by atoms with Crippen molar-refractivity contribution in [2.45, 2.75) is 6.92 Å². The number of H-pyrrole nitrogens is 1. The van der Waals surface area contributed by atoms with Crippen LogP contribution in [-0.4, -0.2) is 21.9 Å². The number of hydrogen-bond acceptors (Lipinski definition) is 3. The number of hydrazone groups is 1. The first-order chi connectivity index (χ1) is 6.09. The SMILES string of the molecule is CC(=O)N/N=C/c1cn(C)[nH]c1=O. The summed E-state index contributed by atoms with van der Waals surface area (Å²) in [4.78, 5) is 21.4. The minimum absolute atomic E-state index is 0.239. The van der Waals surface area contributed by atoms with Gasteiger partial charge in [0.2, 0.25) is 5.91 Å². The lowest BCUT2D eigenvalue weighted by Gasteiger charge is -1.87. The lowest BCUT2D eigenvalue weighted by molar-refractivity contribution is -0.118. The molecule has 0 saturated heterocycles. The molecule has 6 heteroatoms. The van der Waals surface area contributed by atoms with E-state index in [1.807, 2.05) is 0 Å². The van der Waals surface area contributed by atoms with Gasteiger partial charge in [0.05, 0.1) is 11.8 Å². The summed E-state index contributed by atoms with van der Waals surface area (Å²) < 4.78 is 1.51. The van der Waals surface area contributed by atoms with Gasteiger partial charge in [-0.1, -0.05) is 0 Å². The summed E-state index contributed by atoms with van der Waals surface area (Å²) in [6, 6.07) is 0. The van der Waals surface area contributed by atoms with Crippen LogP contribution in [0.25, 0.3) is 0 Å². The van der Waals surface area contributed by atoms with E-state index in [0.717, 1.165) is 0 Å². The van der Waals surface area contributed by atoms with Crippen molar-refractivity contribution in [3.05, 3.63) is 22.1 Å². The summed E-state index contributed by atoms with van der Waals surface area (Å²) >= 11 is 0. The van der Waals surface area contributed by atoms with Crippen molar-refractivity contribution in [3.8, 4) is 0 Å². The molecule has 6 nitrogen and oxygen atoms in total. The Labute approximate surface area is 74.2 Å². The van der Waals surface area contributed by atoms with E-state index in [1.165, 1.54) is 17.8 Å². The fourth-order valence-corrected chi connectivity index (χ4v) is 0.809. The first-order valence-corrected chi connectivity index (χ1v) is 3.65. The molecule has 0 bridgehead atoms. The highest BCUT2D eigenvalue weighted by atomic mass is 16.2. The Kier molecular flexibility index (Phi) is 2.63. The molecular formula is C7H10N4O2. The van der Waals surface area contributed by atoms with Crippen molar-refractivity contribution in [1.29, 1.82) is 0 Å². The standard InChI is InChI=1S/C7H10N4O2/c1-5(12)9-8-3-6-4-11(2)10-7(6)13/h3-4H,1-2H3,(H,9,12)(H,10,13)/b8-3+. The third-order valence-corrected chi connectivity index (χ3v) is 1.30. The fourth-order valence-electron chi connectivity index (χ4n) is 0.809. The van der Waals surface area contributed by atoms with Gasteiger partial charge in [-0.2, -0.15) is 5.10 Å². The average molecular weight is 182 g/mol. The molecule has 0 spiro atoms. The lowest BCUT2D eigenvalue weighted by atomic mass is 10.4. The summed E-state index contributed by atoms with van der Waals surface area (Å²) in [5.41, 5.74) is 2.36. The van der Waals surface area contributed by atoms with Gasteiger partial charge in [-0.25, -0.2) is 5.43 Å². The van der Waals surface area contributed by atoms with Crippen LogP contribution in [-0.2, 0) is 11.8 Å². The molecule has 1 aromatic heterocycles. The van der Waals surface area contributed by atoms with Gasteiger partial charge in [0.1, 0.15) is 0 Å². The summed E-state index contributed by atoms with van der Waals surface area (Å²) in [5.74, 6) is -0.274. The number of nitrogens with one attached hydrogen (secondary N) is 2. The number of carbonyl (C=O) groups excluding carboxylic acids is 1. The molecule has 1 aromatic rings. The van der Waals surface area contributed by atoms with Crippen molar-refractivity contribution in [1.82, 2.24) is 15.2 Å². The predicted molar refractivity (Wildman–Crippen MR) is 47.4 cm³/mol. The largest absolute Gasteiger partial charge is 0.295 e. The monoisotopic (exact) mass is 182 g/mol. The van der Waals surface area contributed by atoms with E-state index >= 15 is 0 Å². The Morgan fingerprint density at radius 2 is 2.46 bits per heavy atom. The molecule has 2 N–H and O–H groups in total. The Morgan fingerprint density at radius 1 is 1.77 bits per heavy atom. The molecule has 0 aliphatic rings. The molecular weight excluding hydrogens is 172 g/mol.